The first-order chi connectivity index (χ1) is 9.29. The summed E-state index contributed by atoms with van der Waals surface area (Å²) in [6, 6.07) is 5.52. The highest BCUT2D eigenvalue weighted by molar-refractivity contribution is 7.99. The zero-order valence-electron chi connectivity index (χ0n) is 10.8. The molecule has 2 aromatic heterocycles. The minimum atomic E-state index is -0.328. The molecule has 2 aromatic rings. The second-order valence-electron chi connectivity index (χ2n) is 4.65. The molecule has 19 heavy (non-hydrogen) atoms. The van der Waals surface area contributed by atoms with Gasteiger partial charge in [0.1, 0.15) is 11.3 Å². The van der Waals surface area contributed by atoms with E-state index < -0.39 is 0 Å². The van der Waals surface area contributed by atoms with Crippen LogP contribution in [-0.4, -0.2) is 28.2 Å². The molecule has 0 aromatic carbocycles. The Morgan fingerprint density at radius 2 is 2.37 bits per heavy atom. The fourth-order valence-electron chi connectivity index (χ4n) is 2.43. The number of rotatable bonds is 2. The van der Waals surface area contributed by atoms with Crippen molar-refractivity contribution in [2.24, 2.45) is 0 Å². The number of hydrogen-bond donors (Lipinski definition) is 0. The van der Waals surface area contributed by atoms with Crippen molar-refractivity contribution in [1.29, 1.82) is 0 Å². The first-order valence-corrected chi connectivity index (χ1v) is 7.52. The second-order valence-corrected chi connectivity index (χ2v) is 5.96. The Balaban J connectivity index is 2.02. The van der Waals surface area contributed by atoms with Crippen LogP contribution in [0.25, 0.3) is 5.65 Å². The molecule has 0 spiro atoms. The Kier molecular flexibility index (Phi) is 3.46. The molecule has 1 aliphatic rings. The van der Waals surface area contributed by atoms with Gasteiger partial charge in [0.25, 0.3) is 0 Å². The molecule has 4 nitrogen and oxygen atoms in total. The van der Waals surface area contributed by atoms with Crippen LogP contribution >= 0.6 is 11.8 Å². The van der Waals surface area contributed by atoms with Crippen LogP contribution < -0.4 is 0 Å². The van der Waals surface area contributed by atoms with Crippen LogP contribution in [0.1, 0.15) is 40.7 Å². The van der Waals surface area contributed by atoms with Gasteiger partial charge in [-0.15, -0.1) is 0 Å². The number of carbonyl (C=O) groups excluding carboxylic acids is 1. The van der Waals surface area contributed by atoms with Crippen molar-refractivity contribution in [1.82, 2.24) is 9.38 Å². The van der Waals surface area contributed by atoms with E-state index in [0.717, 1.165) is 11.3 Å². The first-order valence-electron chi connectivity index (χ1n) is 6.47. The van der Waals surface area contributed by atoms with E-state index in [2.05, 4.69) is 4.98 Å². The number of methoxy groups -OCH3 is 1. The molecule has 1 aliphatic heterocycles. The van der Waals surface area contributed by atoms with Crippen LogP contribution in [-0.2, 0) is 4.74 Å². The summed E-state index contributed by atoms with van der Waals surface area (Å²) in [7, 11) is 1.40. The Morgan fingerprint density at radius 3 is 3.11 bits per heavy atom. The third-order valence-corrected chi connectivity index (χ3v) is 4.82. The minimum absolute atomic E-state index is 0.328. The molecule has 0 radical (unpaired) electrons. The number of nitrogens with zero attached hydrogens (tertiary/aromatic N) is 2. The van der Waals surface area contributed by atoms with Crippen molar-refractivity contribution < 1.29 is 9.53 Å². The van der Waals surface area contributed by atoms with Crippen molar-refractivity contribution in [2.45, 2.75) is 24.5 Å². The average Bonchev–Trinajstić information content (AvgIpc) is 2.91. The van der Waals surface area contributed by atoms with Gasteiger partial charge in [0.15, 0.2) is 0 Å². The van der Waals surface area contributed by atoms with E-state index in [9.17, 15) is 4.79 Å². The lowest BCUT2D eigenvalue weighted by molar-refractivity contribution is 0.0592. The summed E-state index contributed by atoms with van der Waals surface area (Å²) in [5.74, 6) is 0.869. The zero-order valence-corrected chi connectivity index (χ0v) is 11.7. The molecule has 0 aliphatic carbocycles. The van der Waals surface area contributed by atoms with Gasteiger partial charge in [-0.3, -0.25) is 4.40 Å². The third-order valence-electron chi connectivity index (χ3n) is 3.41. The SMILES string of the molecule is COC(=O)c1cccc2nc(C3CCCCS3)cn12. The normalized spacial score (nSPS) is 19.5. The summed E-state index contributed by atoms with van der Waals surface area (Å²) < 4.78 is 6.64. The van der Waals surface area contributed by atoms with Crippen LogP contribution in [0.5, 0.6) is 0 Å². The fraction of sp³-hybridized carbons (Fsp3) is 0.429. The standard InChI is InChI=1S/C14H16N2O2S/c1-18-14(17)11-5-4-7-13-15-10(9-16(11)13)12-6-2-3-8-19-12/h4-5,7,9,12H,2-3,6,8H2,1H3. The Bertz CT molecular complexity index is 603. The van der Waals surface area contributed by atoms with Gasteiger partial charge in [-0.2, -0.15) is 11.8 Å². The average molecular weight is 276 g/mol. The summed E-state index contributed by atoms with van der Waals surface area (Å²) in [4.78, 5) is 16.4. The van der Waals surface area contributed by atoms with E-state index in [0.29, 0.717) is 10.9 Å². The lowest BCUT2D eigenvalue weighted by atomic mass is 10.1. The summed E-state index contributed by atoms with van der Waals surface area (Å²) in [5, 5.41) is 0.458. The molecule has 1 unspecified atom stereocenters. The van der Waals surface area contributed by atoms with Crippen molar-refractivity contribution in [3.05, 3.63) is 35.8 Å². The smallest absolute Gasteiger partial charge is 0.355 e. The van der Waals surface area contributed by atoms with Crippen LogP contribution in [0.15, 0.2) is 24.4 Å². The van der Waals surface area contributed by atoms with Gasteiger partial charge in [0.05, 0.1) is 12.8 Å². The highest BCUT2D eigenvalue weighted by atomic mass is 32.2. The largest absolute Gasteiger partial charge is 0.464 e. The van der Waals surface area contributed by atoms with E-state index in [1.165, 1.54) is 32.1 Å². The molecule has 3 heterocycles. The third kappa shape index (κ3) is 2.34. The van der Waals surface area contributed by atoms with Crippen LogP contribution in [0.2, 0.25) is 0 Å². The monoisotopic (exact) mass is 276 g/mol. The molecule has 1 fully saturated rings. The summed E-state index contributed by atoms with van der Waals surface area (Å²) >= 11 is 1.96. The van der Waals surface area contributed by atoms with Gasteiger partial charge in [-0.05, 0) is 30.7 Å². The molecular formula is C14H16N2O2S. The van der Waals surface area contributed by atoms with Crippen molar-refractivity contribution >= 4 is 23.4 Å². The maximum absolute atomic E-state index is 11.7. The maximum Gasteiger partial charge on any atom is 0.355 e. The van der Waals surface area contributed by atoms with E-state index >= 15 is 0 Å². The molecule has 0 amide bonds. The van der Waals surface area contributed by atoms with Crippen molar-refractivity contribution in [3.63, 3.8) is 0 Å². The van der Waals surface area contributed by atoms with Gasteiger partial charge in [-0.25, -0.2) is 9.78 Å². The number of esters is 1. The van der Waals surface area contributed by atoms with Gasteiger partial charge in [-0.1, -0.05) is 12.5 Å². The number of aromatic nitrogens is 2. The molecule has 100 valence electrons. The Hall–Kier alpha value is -1.49. The number of ether oxygens (including phenoxy) is 1. The van der Waals surface area contributed by atoms with E-state index in [1.54, 1.807) is 6.07 Å². The van der Waals surface area contributed by atoms with Gasteiger partial charge in [0.2, 0.25) is 0 Å². The Labute approximate surface area is 116 Å². The second kappa shape index (κ2) is 5.25. The molecule has 0 N–H and O–H groups in total. The number of pyridine rings is 1. The number of carbonyl (C=O) groups is 1. The highest BCUT2D eigenvalue weighted by Crippen LogP contribution is 2.37. The van der Waals surface area contributed by atoms with E-state index in [-0.39, 0.29) is 5.97 Å². The highest BCUT2D eigenvalue weighted by Gasteiger charge is 2.20. The first kappa shape index (κ1) is 12.5. The van der Waals surface area contributed by atoms with E-state index in [4.69, 9.17) is 4.74 Å². The van der Waals surface area contributed by atoms with Gasteiger partial charge >= 0.3 is 5.97 Å². The number of thioether (sulfide) groups is 1. The maximum atomic E-state index is 11.7. The van der Waals surface area contributed by atoms with Crippen LogP contribution in [0.3, 0.4) is 0 Å². The molecule has 1 saturated heterocycles. The minimum Gasteiger partial charge on any atom is -0.464 e. The number of fused-ring (bicyclic) bond motifs is 1. The molecule has 1 atom stereocenters. The van der Waals surface area contributed by atoms with E-state index in [1.807, 2.05) is 34.5 Å². The summed E-state index contributed by atoms with van der Waals surface area (Å²) in [6.45, 7) is 0. The lowest BCUT2D eigenvalue weighted by Crippen LogP contribution is -2.07. The number of imidazole rings is 1. The van der Waals surface area contributed by atoms with Crippen molar-refractivity contribution in [2.75, 3.05) is 12.9 Å². The van der Waals surface area contributed by atoms with Gasteiger partial charge in [0, 0.05) is 11.4 Å². The topological polar surface area (TPSA) is 43.6 Å². The quantitative estimate of drug-likeness (QED) is 0.791. The lowest BCUT2D eigenvalue weighted by Gasteiger charge is -2.18. The predicted molar refractivity (Wildman–Crippen MR) is 75.6 cm³/mol. The van der Waals surface area contributed by atoms with Crippen molar-refractivity contribution in [3.8, 4) is 0 Å². The van der Waals surface area contributed by atoms with Crippen LogP contribution in [0.4, 0.5) is 0 Å². The molecule has 0 saturated carbocycles. The van der Waals surface area contributed by atoms with Crippen LogP contribution in [0, 0.1) is 0 Å². The summed E-state index contributed by atoms with van der Waals surface area (Å²) in [5.41, 5.74) is 2.41. The molecule has 3 rings (SSSR count). The molecule has 5 heteroatoms. The predicted octanol–water partition coefficient (Wildman–Crippen LogP) is 3.08. The Morgan fingerprint density at radius 1 is 1.47 bits per heavy atom. The van der Waals surface area contributed by atoms with Gasteiger partial charge < -0.3 is 4.74 Å². The summed E-state index contributed by atoms with van der Waals surface area (Å²) in [6.07, 6.45) is 5.70. The molecule has 0 bridgehead atoms. The molecular weight excluding hydrogens is 260 g/mol. The number of hydrogen-bond acceptors (Lipinski definition) is 4. The zero-order chi connectivity index (χ0) is 13.2. The fourth-order valence-corrected chi connectivity index (χ4v) is 3.70.